The smallest absolute Gasteiger partial charge is 0.215 e. The van der Waals surface area contributed by atoms with Gasteiger partial charge in [-0.3, -0.25) is 0 Å². The van der Waals surface area contributed by atoms with Gasteiger partial charge in [-0.25, -0.2) is 4.98 Å². The lowest BCUT2D eigenvalue weighted by atomic mass is 10.5. The van der Waals surface area contributed by atoms with Crippen molar-refractivity contribution < 1.29 is 4.84 Å². The second kappa shape index (κ2) is 2.68. The molecule has 0 aliphatic carbocycles. The Hall–Kier alpha value is -1.56. The van der Waals surface area contributed by atoms with Crippen LogP contribution in [0.25, 0.3) is 5.01 Å². The van der Waals surface area contributed by atoms with Crippen LogP contribution in [0.5, 0.6) is 5.88 Å². The van der Waals surface area contributed by atoms with Crippen molar-refractivity contribution in [3.63, 3.8) is 0 Å². The monoisotopic (exact) mass is 120 g/mol. The zero-order valence-corrected chi connectivity index (χ0v) is 4.61. The quantitative estimate of drug-likeness (QED) is 0.412. The molecule has 0 radical (unpaired) electrons. The number of hydrogen-bond acceptors (Lipinski definition) is 2. The fourth-order valence-electron chi connectivity index (χ4n) is 0.448. The number of nitrogens with zero attached hydrogens (tertiary/aromatic N) is 2. The Balaban J connectivity index is 2.76. The summed E-state index contributed by atoms with van der Waals surface area (Å²) in [5.74, 6) is 0.340. The maximum Gasteiger partial charge on any atom is 0.310 e. The third-order valence-corrected chi connectivity index (χ3v) is 0.777. The molecule has 3 nitrogen and oxygen atoms in total. The maximum absolute atomic E-state index is 6.30. The fourth-order valence-corrected chi connectivity index (χ4v) is 0.448. The van der Waals surface area contributed by atoms with Crippen LogP contribution in [0.2, 0.25) is 0 Å². The first kappa shape index (κ1) is 5.57. The highest BCUT2D eigenvalue weighted by Gasteiger charge is 1.91. The molecule has 0 saturated heterocycles. The summed E-state index contributed by atoms with van der Waals surface area (Å²) in [5.41, 5.74) is 0. The number of hydrogen-bond donors (Lipinski definition) is 0. The Morgan fingerprint density at radius 3 is 3.00 bits per heavy atom. The molecule has 0 aromatic carbocycles. The molecule has 0 amide bonds. The molecule has 1 rings (SSSR count). The van der Waals surface area contributed by atoms with Crippen LogP contribution in [-0.2, 0) is 0 Å². The summed E-state index contributed by atoms with van der Waals surface area (Å²) in [5, 5.41) is 2.69. The van der Waals surface area contributed by atoms with Crippen molar-refractivity contribution in [3.05, 3.63) is 36.0 Å². The van der Waals surface area contributed by atoms with Crippen molar-refractivity contribution in [1.29, 1.82) is 0 Å². The summed E-state index contributed by atoms with van der Waals surface area (Å²) in [6.45, 7) is 6.30. The molecule has 0 saturated carbocycles. The molecule has 1 aromatic heterocycles. The third kappa shape index (κ3) is 1.42. The van der Waals surface area contributed by atoms with Gasteiger partial charge in [0.05, 0.1) is 0 Å². The molecule has 1 heterocycles. The SMILES string of the molecule is [C-]#[N+]Oc1ccccn1. The van der Waals surface area contributed by atoms with Crippen LogP contribution in [0.1, 0.15) is 0 Å². The van der Waals surface area contributed by atoms with Gasteiger partial charge in [0.2, 0.25) is 0 Å². The molecular formula is C6H4N2O. The van der Waals surface area contributed by atoms with E-state index < -0.39 is 0 Å². The average molecular weight is 120 g/mol. The van der Waals surface area contributed by atoms with E-state index in [4.69, 9.17) is 6.57 Å². The predicted molar refractivity (Wildman–Crippen MR) is 31.5 cm³/mol. The zero-order valence-electron chi connectivity index (χ0n) is 4.61. The lowest BCUT2D eigenvalue weighted by molar-refractivity contribution is 0.453. The van der Waals surface area contributed by atoms with E-state index in [0.717, 1.165) is 0 Å². The number of rotatable bonds is 1. The number of aromatic nitrogens is 1. The Bertz CT molecular complexity index is 214. The predicted octanol–water partition coefficient (Wildman–Crippen LogP) is 1.29. The Kier molecular flexibility index (Phi) is 1.66. The highest BCUT2D eigenvalue weighted by molar-refractivity contribution is 5.09. The molecule has 0 bridgehead atoms. The van der Waals surface area contributed by atoms with Gasteiger partial charge in [-0.15, -0.1) is 4.84 Å². The molecule has 0 unspecified atom stereocenters. The second-order valence-corrected chi connectivity index (χ2v) is 1.35. The fraction of sp³-hybridized carbons (Fsp3) is 0. The molecule has 0 spiro atoms. The Labute approximate surface area is 52.7 Å². The molecule has 0 aliphatic rings. The van der Waals surface area contributed by atoms with Gasteiger partial charge >= 0.3 is 5.88 Å². The normalized spacial score (nSPS) is 7.89. The van der Waals surface area contributed by atoms with Crippen molar-refractivity contribution >= 4 is 0 Å². The molecule has 0 atom stereocenters. The largest absolute Gasteiger partial charge is 0.310 e. The summed E-state index contributed by atoms with van der Waals surface area (Å²) in [6.07, 6.45) is 1.57. The van der Waals surface area contributed by atoms with Crippen molar-refractivity contribution in [3.8, 4) is 5.88 Å². The van der Waals surface area contributed by atoms with E-state index in [0.29, 0.717) is 5.88 Å². The molecule has 9 heavy (non-hydrogen) atoms. The van der Waals surface area contributed by atoms with Crippen LogP contribution >= 0.6 is 0 Å². The molecule has 1 aromatic rings. The minimum atomic E-state index is 0.340. The second-order valence-electron chi connectivity index (χ2n) is 1.35. The summed E-state index contributed by atoms with van der Waals surface area (Å²) in [7, 11) is 0. The first-order chi connectivity index (χ1) is 4.43. The summed E-state index contributed by atoms with van der Waals surface area (Å²) in [6, 6.07) is 5.14. The van der Waals surface area contributed by atoms with Crippen molar-refractivity contribution in [2.24, 2.45) is 0 Å². The van der Waals surface area contributed by atoms with Crippen LogP contribution in [0, 0.1) is 6.57 Å². The van der Waals surface area contributed by atoms with E-state index in [1.54, 1.807) is 24.4 Å². The number of pyridine rings is 1. The van der Waals surface area contributed by atoms with E-state index in [9.17, 15) is 0 Å². The van der Waals surface area contributed by atoms with Gasteiger partial charge in [-0.1, -0.05) is 6.07 Å². The first-order valence-electron chi connectivity index (χ1n) is 2.38. The summed E-state index contributed by atoms with van der Waals surface area (Å²) in [4.78, 5) is 8.12. The average Bonchev–Trinajstić information content (AvgIpc) is 1.91. The molecule has 0 fully saturated rings. The highest BCUT2D eigenvalue weighted by atomic mass is 16.6. The third-order valence-electron chi connectivity index (χ3n) is 0.777. The van der Waals surface area contributed by atoms with Crippen LogP contribution in [0.4, 0.5) is 0 Å². The van der Waals surface area contributed by atoms with E-state index in [1.165, 1.54) is 0 Å². The Morgan fingerprint density at radius 1 is 1.56 bits per heavy atom. The van der Waals surface area contributed by atoms with Gasteiger partial charge in [-0.2, -0.15) is 6.57 Å². The minimum Gasteiger partial charge on any atom is -0.215 e. The summed E-state index contributed by atoms with van der Waals surface area (Å²) < 4.78 is 0. The van der Waals surface area contributed by atoms with Gasteiger partial charge in [0.15, 0.2) is 0 Å². The van der Waals surface area contributed by atoms with Crippen LogP contribution in [0.3, 0.4) is 0 Å². The van der Waals surface area contributed by atoms with Crippen LogP contribution in [0.15, 0.2) is 24.4 Å². The van der Waals surface area contributed by atoms with E-state index in [1.807, 2.05) is 0 Å². The molecule has 0 N–H and O–H groups in total. The molecular weight excluding hydrogens is 116 g/mol. The van der Waals surface area contributed by atoms with Gasteiger partial charge in [0, 0.05) is 12.3 Å². The standard InChI is InChI=1S/C6H4N2O/c1-7-9-6-4-2-3-5-8-6/h2-5H. The Morgan fingerprint density at radius 2 is 2.44 bits per heavy atom. The van der Waals surface area contributed by atoms with Gasteiger partial charge in [-0.05, 0) is 11.1 Å². The van der Waals surface area contributed by atoms with E-state index in [-0.39, 0.29) is 0 Å². The van der Waals surface area contributed by atoms with Crippen molar-refractivity contribution in [1.82, 2.24) is 4.98 Å². The van der Waals surface area contributed by atoms with Gasteiger partial charge in [0.25, 0.3) is 0 Å². The lowest BCUT2D eigenvalue weighted by Crippen LogP contribution is -1.79. The highest BCUT2D eigenvalue weighted by Crippen LogP contribution is 2.01. The minimum absolute atomic E-state index is 0.340. The van der Waals surface area contributed by atoms with E-state index >= 15 is 0 Å². The zero-order chi connectivity index (χ0) is 6.53. The first-order valence-corrected chi connectivity index (χ1v) is 2.38. The van der Waals surface area contributed by atoms with E-state index in [2.05, 4.69) is 14.8 Å². The summed E-state index contributed by atoms with van der Waals surface area (Å²) >= 11 is 0. The van der Waals surface area contributed by atoms with Crippen LogP contribution in [-0.4, -0.2) is 4.98 Å². The topological polar surface area (TPSA) is 26.5 Å². The van der Waals surface area contributed by atoms with Gasteiger partial charge in [0.1, 0.15) is 0 Å². The molecule has 44 valence electrons. The maximum atomic E-state index is 6.30. The van der Waals surface area contributed by atoms with Gasteiger partial charge < -0.3 is 0 Å². The lowest BCUT2D eigenvalue weighted by Gasteiger charge is -1.83. The van der Waals surface area contributed by atoms with Crippen LogP contribution < -0.4 is 4.84 Å². The van der Waals surface area contributed by atoms with Crippen molar-refractivity contribution in [2.45, 2.75) is 0 Å². The van der Waals surface area contributed by atoms with Crippen molar-refractivity contribution in [2.75, 3.05) is 0 Å². The molecule has 0 aliphatic heterocycles. The molecule has 3 heteroatoms.